The van der Waals surface area contributed by atoms with Crippen molar-refractivity contribution < 1.29 is 22.8 Å². The maximum absolute atomic E-state index is 12.6. The molecule has 3 heterocycles. The number of carbonyl (C=O) groups is 2. The molecule has 0 unspecified atom stereocenters. The molecule has 0 aromatic carbocycles. The number of alkyl halides is 3. The smallest absolute Gasteiger partial charge is 0.340 e. The Kier molecular flexibility index (Phi) is 2.89. The van der Waals surface area contributed by atoms with E-state index < -0.39 is 17.3 Å². The zero-order valence-corrected chi connectivity index (χ0v) is 10.8. The Morgan fingerprint density at radius 3 is 2.71 bits per heavy atom. The first kappa shape index (κ1) is 13.8. The molecule has 2 amide bonds. The highest BCUT2D eigenvalue weighted by molar-refractivity contribution is 6.06. The van der Waals surface area contributed by atoms with Gasteiger partial charge in [0.25, 0.3) is 0 Å². The first-order valence-corrected chi connectivity index (χ1v) is 6.30. The van der Waals surface area contributed by atoms with Crippen molar-refractivity contribution in [3.8, 4) is 0 Å². The van der Waals surface area contributed by atoms with Crippen molar-refractivity contribution in [2.24, 2.45) is 5.41 Å². The van der Waals surface area contributed by atoms with Crippen molar-refractivity contribution in [1.82, 2.24) is 15.3 Å². The second-order valence-corrected chi connectivity index (χ2v) is 5.25. The molecule has 1 aromatic heterocycles. The lowest BCUT2D eigenvalue weighted by atomic mass is 9.85. The molecule has 0 radical (unpaired) electrons. The Morgan fingerprint density at radius 1 is 1.33 bits per heavy atom. The van der Waals surface area contributed by atoms with Gasteiger partial charge in [0.1, 0.15) is 5.69 Å². The van der Waals surface area contributed by atoms with E-state index in [-0.39, 0.29) is 30.7 Å². The molecule has 2 fully saturated rings. The van der Waals surface area contributed by atoms with Gasteiger partial charge in [-0.1, -0.05) is 0 Å². The second kappa shape index (κ2) is 4.40. The van der Waals surface area contributed by atoms with E-state index in [0.29, 0.717) is 13.0 Å². The summed E-state index contributed by atoms with van der Waals surface area (Å²) < 4.78 is 37.9. The lowest BCUT2D eigenvalue weighted by Gasteiger charge is -2.20. The molecular weight excluding hydrogens is 289 g/mol. The largest absolute Gasteiger partial charge is 0.433 e. The molecule has 21 heavy (non-hydrogen) atoms. The van der Waals surface area contributed by atoms with Gasteiger partial charge in [-0.25, -0.2) is 9.97 Å². The summed E-state index contributed by atoms with van der Waals surface area (Å²) in [4.78, 5) is 32.0. The summed E-state index contributed by atoms with van der Waals surface area (Å²) in [6, 6.07) is 0.793. The van der Waals surface area contributed by atoms with Gasteiger partial charge >= 0.3 is 6.18 Å². The summed E-state index contributed by atoms with van der Waals surface area (Å²) in [5.41, 5.74) is -1.89. The summed E-state index contributed by atoms with van der Waals surface area (Å²) in [5.74, 6) is -0.803. The number of anilines is 1. The maximum atomic E-state index is 12.6. The molecule has 112 valence electrons. The second-order valence-electron chi connectivity index (χ2n) is 5.25. The topological polar surface area (TPSA) is 75.2 Å². The Morgan fingerprint density at radius 2 is 2.10 bits per heavy atom. The molecule has 1 aromatic rings. The minimum atomic E-state index is -4.55. The van der Waals surface area contributed by atoms with Gasteiger partial charge in [-0.3, -0.25) is 14.9 Å². The highest BCUT2D eigenvalue weighted by Gasteiger charge is 2.51. The van der Waals surface area contributed by atoms with Gasteiger partial charge in [-0.05, 0) is 12.5 Å². The number of rotatable bonds is 1. The van der Waals surface area contributed by atoms with E-state index in [1.54, 1.807) is 0 Å². The average molecular weight is 300 g/mol. The van der Waals surface area contributed by atoms with E-state index in [4.69, 9.17) is 0 Å². The number of nitrogens with one attached hydrogen (secondary N) is 1. The van der Waals surface area contributed by atoms with Gasteiger partial charge in [-0.15, -0.1) is 0 Å². The Balaban J connectivity index is 1.84. The third-order valence-corrected chi connectivity index (χ3v) is 3.80. The van der Waals surface area contributed by atoms with Gasteiger partial charge in [0.2, 0.25) is 17.8 Å². The van der Waals surface area contributed by atoms with Crippen LogP contribution in [0.1, 0.15) is 18.5 Å². The van der Waals surface area contributed by atoms with E-state index in [0.717, 1.165) is 12.3 Å². The quantitative estimate of drug-likeness (QED) is 0.774. The molecule has 1 spiro atoms. The lowest BCUT2D eigenvalue weighted by Crippen LogP contribution is -2.35. The van der Waals surface area contributed by atoms with Crippen molar-refractivity contribution in [3.05, 3.63) is 18.0 Å². The number of hydrogen-bond acceptors (Lipinski definition) is 5. The normalized spacial score (nSPS) is 25.8. The molecule has 3 rings (SSSR count). The Labute approximate surface area is 117 Å². The van der Waals surface area contributed by atoms with Crippen molar-refractivity contribution in [1.29, 1.82) is 0 Å². The number of hydrogen-bond donors (Lipinski definition) is 1. The zero-order valence-electron chi connectivity index (χ0n) is 10.8. The van der Waals surface area contributed by atoms with Crippen LogP contribution in [0.2, 0.25) is 0 Å². The number of halogens is 3. The van der Waals surface area contributed by atoms with Gasteiger partial charge < -0.3 is 4.90 Å². The summed E-state index contributed by atoms with van der Waals surface area (Å²) in [5, 5.41) is 2.23. The predicted octanol–water partition coefficient (Wildman–Crippen LogP) is 0.738. The summed E-state index contributed by atoms with van der Waals surface area (Å²) >= 11 is 0. The van der Waals surface area contributed by atoms with Crippen LogP contribution in [-0.4, -0.2) is 34.9 Å². The highest BCUT2D eigenvalue weighted by Crippen LogP contribution is 2.39. The fourth-order valence-electron chi connectivity index (χ4n) is 2.72. The molecule has 1 atom stereocenters. The third kappa shape index (κ3) is 2.32. The molecule has 9 heteroatoms. The lowest BCUT2D eigenvalue weighted by molar-refractivity contribution is -0.141. The molecule has 2 aliphatic heterocycles. The molecule has 2 saturated heterocycles. The Bertz CT molecular complexity index is 619. The van der Waals surface area contributed by atoms with Crippen LogP contribution in [0.3, 0.4) is 0 Å². The van der Waals surface area contributed by atoms with Crippen LogP contribution in [0.4, 0.5) is 19.1 Å². The SMILES string of the molecule is O=C1C[C@@]2(CCN(c3nccc(C(F)(F)F)n3)C2)C(=O)N1. The number of nitrogens with zero attached hydrogens (tertiary/aromatic N) is 3. The molecule has 0 saturated carbocycles. The van der Waals surface area contributed by atoms with Gasteiger partial charge in [0.05, 0.1) is 5.41 Å². The number of aromatic nitrogens is 2. The minimum Gasteiger partial charge on any atom is -0.340 e. The molecule has 6 nitrogen and oxygen atoms in total. The van der Waals surface area contributed by atoms with Gasteiger partial charge in [-0.2, -0.15) is 13.2 Å². The van der Waals surface area contributed by atoms with Crippen molar-refractivity contribution in [3.63, 3.8) is 0 Å². The van der Waals surface area contributed by atoms with E-state index in [9.17, 15) is 22.8 Å². The zero-order chi connectivity index (χ0) is 15.3. The van der Waals surface area contributed by atoms with Gasteiger partial charge in [0.15, 0.2) is 0 Å². The van der Waals surface area contributed by atoms with Crippen LogP contribution < -0.4 is 10.2 Å². The van der Waals surface area contributed by atoms with Crippen LogP contribution in [0.15, 0.2) is 12.3 Å². The molecule has 1 N–H and O–H groups in total. The number of amides is 2. The first-order chi connectivity index (χ1) is 9.80. The van der Waals surface area contributed by atoms with Gasteiger partial charge in [0, 0.05) is 25.7 Å². The van der Waals surface area contributed by atoms with E-state index >= 15 is 0 Å². The maximum Gasteiger partial charge on any atom is 0.433 e. The monoisotopic (exact) mass is 300 g/mol. The number of carbonyl (C=O) groups excluding carboxylic acids is 2. The summed E-state index contributed by atoms with van der Waals surface area (Å²) in [6.45, 7) is 0.480. The van der Waals surface area contributed by atoms with Crippen molar-refractivity contribution in [2.75, 3.05) is 18.0 Å². The fraction of sp³-hybridized carbons (Fsp3) is 0.500. The molecule has 0 bridgehead atoms. The van der Waals surface area contributed by atoms with Crippen molar-refractivity contribution in [2.45, 2.75) is 19.0 Å². The molecular formula is C12H11F3N4O2. The van der Waals surface area contributed by atoms with Crippen LogP contribution in [0, 0.1) is 5.41 Å². The van der Waals surface area contributed by atoms with E-state index in [2.05, 4.69) is 15.3 Å². The summed E-state index contributed by atoms with van der Waals surface area (Å²) in [7, 11) is 0. The minimum absolute atomic E-state index is 0.0568. The number of imide groups is 1. The standard InChI is InChI=1S/C12H11F3N4O2/c13-12(14,15)7-1-3-16-10(17-7)19-4-2-11(6-19)5-8(20)18-9(11)21/h1,3H,2,4-6H2,(H,18,20,21)/t11-/m1/s1. The molecule has 0 aliphatic carbocycles. The predicted molar refractivity (Wildman–Crippen MR) is 64.1 cm³/mol. The van der Waals surface area contributed by atoms with E-state index in [1.807, 2.05) is 0 Å². The van der Waals surface area contributed by atoms with Crippen molar-refractivity contribution >= 4 is 17.8 Å². The third-order valence-electron chi connectivity index (χ3n) is 3.80. The van der Waals surface area contributed by atoms with Crippen LogP contribution in [0.5, 0.6) is 0 Å². The fourth-order valence-corrected chi connectivity index (χ4v) is 2.72. The first-order valence-electron chi connectivity index (χ1n) is 6.30. The van der Waals surface area contributed by atoms with Crippen LogP contribution >= 0.6 is 0 Å². The average Bonchev–Trinajstić information content (AvgIpc) is 2.94. The van der Waals surface area contributed by atoms with Crippen LogP contribution in [-0.2, 0) is 15.8 Å². The highest BCUT2D eigenvalue weighted by atomic mass is 19.4. The van der Waals surface area contributed by atoms with Crippen LogP contribution in [0.25, 0.3) is 0 Å². The van der Waals surface area contributed by atoms with E-state index in [1.165, 1.54) is 4.90 Å². The Hall–Kier alpha value is -2.19. The summed E-state index contributed by atoms with van der Waals surface area (Å²) in [6.07, 6.45) is -3.06. The molecule has 2 aliphatic rings.